The highest BCUT2D eigenvalue weighted by Gasteiger charge is 2.23. The summed E-state index contributed by atoms with van der Waals surface area (Å²) in [5.41, 5.74) is 3.60. The summed E-state index contributed by atoms with van der Waals surface area (Å²) in [5.74, 6) is 0.888. The number of hydrogen-bond acceptors (Lipinski definition) is 4. The maximum atomic E-state index is 10.9. The summed E-state index contributed by atoms with van der Waals surface area (Å²) in [6, 6.07) is 10.9. The minimum atomic E-state index is -0.910. The number of rotatable bonds is 6. The summed E-state index contributed by atoms with van der Waals surface area (Å²) in [5, 5.41) is 12.3. The predicted molar refractivity (Wildman–Crippen MR) is 90.7 cm³/mol. The van der Waals surface area contributed by atoms with Gasteiger partial charge in [-0.25, -0.2) is 4.79 Å². The Bertz CT molecular complexity index is 740. The number of benzene rings is 2. The van der Waals surface area contributed by atoms with Gasteiger partial charge in [0.1, 0.15) is 17.6 Å². The van der Waals surface area contributed by atoms with Crippen molar-refractivity contribution in [2.24, 2.45) is 0 Å². The summed E-state index contributed by atoms with van der Waals surface area (Å²) in [4.78, 5) is 10.9. The average molecular weight is 327 g/mol. The van der Waals surface area contributed by atoms with Crippen molar-refractivity contribution in [3.05, 3.63) is 58.7 Å². The Kier molecular flexibility index (Phi) is 4.71. The molecule has 24 heavy (non-hydrogen) atoms. The fraction of sp³-hybridized carbons (Fsp3) is 0.316. The number of nitrogens with one attached hydrogen (secondary N) is 1. The van der Waals surface area contributed by atoms with Crippen LogP contribution in [0.3, 0.4) is 0 Å². The van der Waals surface area contributed by atoms with E-state index in [0.29, 0.717) is 18.7 Å². The molecule has 1 heterocycles. The molecule has 3 rings (SSSR count). The van der Waals surface area contributed by atoms with Crippen molar-refractivity contribution < 1.29 is 19.4 Å². The number of carbonyl (C=O) groups is 1. The lowest BCUT2D eigenvalue weighted by Gasteiger charge is -2.12. The minimum absolute atomic E-state index is 0.189. The van der Waals surface area contributed by atoms with Gasteiger partial charge in [0.05, 0.1) is 12.7 Å². The van der Waals surface area contributed by atoms with E-state index in [1.54, 1.807) is 19.2 Å². The number of methoxy groups -OCH3 is 1. The van der Waals surface area contributed by atoms with Gasteiger partial charge >= 0.3 is 5.97 Å². The summed E-state index contributed by atoms with van der Waals surface area (Å²) < 4.78 is 11.3. The number of ether oxygens (including phenoxy) is 2. The third-order valence-corrected chi connectivity index (χ3v) is 4.12. The molecule has 0 amide bonds. The van der Waals surface area contributed by atoms with E-state index >= 15 is 0 Å². The number of hydrogen-bond donors (Lipinski definition) is 2. The monoisotopic (exact) mass is 327 g/mol. The largest absolute Gasteiger partial charge is 0.497 e. The highest BCUT2D eigenvalue weighted by atomic mass is 16.5. The van der Waals surface area contributed by atoms with E-state index in [9.17, 15) is 4.79 Å². The van der Waals surface area contributed by atoms with Gasteiger partial charge in [-0.3, -0.25) is 0 Å². The van der Waals surface area contributed by atoms with Crippen molar-refractivity contribution in [3.8, 4) is 11.5 Å². The van der Waals surface area contributed by atoms with Crippen LogP contribution < -0.4 is 14.8 Å². The van der Waals surface area contributed by atoms with Crippen molar-refractivity contribution in [3.63, 3.8) is 0 Å². The van der Waals surface area contributed by atoms with Gasteiger partial charge in [0.2, 0.25) is 0 Å². The lowest BCUT2D eigenvalue weighted by Crippen LogP contribution is -2.14. The predicted octanol–water partition coefficient (Wildman–Crippen LogP) is 3.01. The molecule has 0 spiro atoms. The Morgan fingerprint density at radius 2 is 2.04 bits per heavy atom. The molecule has 0 saturated heterocycles. The summed E-state index contributed by atoms with van der Waals surface area (Å²) in [6.07, 6.45) is 1.09. The number of carboxylic acid groups (broad SMARTS) is 1. The first-order valence-corrected chi connectivity index (χ1v) is 7.96. The van der Waals surface area contributed by atoms with Crippen molar-refractivity contribution in [1.29, 1.82) is 0 Å². The molecule has 0 unspecified atom stereocenters. The zero-order valence-corrected chi connectivity index (χ0v) is 13.8. The third-order valence-electron chi connectivity index (χ3n) is 4.12. The van der Waals surface area contributed by atoms with Crippen LogP contribution in [0.15, 0.2) is 36.4 Å². The van der Waals surface area contributed by atoms with Gasteiger partial charge in [-0.05, 0) is 36.8 Å². The molecule has 0 bridgehead atoms. The fourth-order valence-electron chi connectivity index (χ4n) is 2.93. The quantitative estimate of drug-likeness (QED) is 0.854. The molecule has 5 nitrogen and oxygen atoms in total. The average Bonchev–Trinajstić information content (AvgIpc) is 2.95. The van der Waals surface area contributed by atoms with Gasteiger partial charge in [0.15, 0.2) is 0 Å². The van der Waals surface area contributed by atoms with Crippen LogP contribution in [0.5, 0.6) is 11.5 Å². The molecule has 1 atom stereocenters. The first-order chi connectivity index (χ1) is 11.6. The molecule has 0 aromatic heterocycles. The van der Waals surface area contributed by atoms with Crippen LogP contribution in [-0.4, -0.2) is 24.3 Å². The van der Waals surface area contributed by atoms with Crippen LogP contribution in [0.1, 0.15) is 34.0 Å². The first-order valence-electron chi connectivity index (χ1n) is 7.96. The highest BCUT2D eigenvalue weighted by Crippen LogP contribution is 2.36. The summed E-state index contributed by atoms with van der Waals surface area (Å²) in [7, 11) is 1.67. The second-order valence-electron chi connectivity index (χ2n) is 6.01. The maximum Gasteiger partial charge on any atom is 0.335 e. The van der Waals surface area contributed by atoms with Gasteiger partial charge in [0, 0.05) is 30.6 Å². The van der Waals surface area contributed by atoms with E-state index in [4.69, 9.17) is 14.6 Å². The van der Waals surface area contributed by atoms with Gasteiger partial charge in [-0.15, -0.1) is 0 Å². The lowest BCUT2D eigenvalue weighted by molar-refractivity contribution is 0.0697. The van der Waals surface area contributed by atoms with Gasteiger partial charge in [-0.1, -0.05) is 12.1 Å². The first kappa shape index (κ1) is 16.3. The molecule has 0 aliphatic carbocycles. The van der Waals surface area contributed by atoms with E-state index < -0.39 is 5.97 Å². The molecular weight excluding hydrogens is 306 g/mol. The molecule has 1 aliphatic rings. The van der Waals surface area contributed by atoms with Crippen LogP contribution in [0.4, 0.5) is 0 Å². The molecule has 2 N–H and O–H groups in total. The summed E-state index contributed by atoms with van der Waals surface area (Å²) in [6.45, 7) is 3.38. The number of fused-ring (bicyclic) bond motifs is 1. The van der Waals surface area contributed by atoms with Gasteiger partial charge < -0.3 is 19.9 Å². The molecule has 2 aromatic rings. The van der Waals surface area contributed by atoms with Crippen LogP contribution in [-0.2, 0) is 19.5 Å². The van der Waals surface area contributed by atoms with Gasteiger partial charge in [0.25, 0.3) is 0 Å². The maximum absolute atomic E-state index is 10.9. The van der Waals surface area contributed by atoms with E-state index in [1.807, 2.05) is 24.3 Å². The Hall–Kier alpha value is -2.53. The molecule has 2 aromatic carbocycles. The third kappa shape index (κ3) is 3.51. The molecule has 0 saturated carbocycles. The second kappa shape index (κ2) is 6.93. The lowest BCUT2D eigenvalue weighted by atomic mass is 10.1. The van der Waals surface area contributed by atoms with Crippen LogP contribution >= 0.6 is 0 Å². The Morgan fingerprint density at radius 1 is 1.29 bits per heavy atom. The van der Waals surface area contributed by atoms with Crippen molar-refractivity contribution in [2.45, 2.75) is 32.5 Å². The SMILES string of the molecule is COc1cc(CNCc2ccc(C(=O)O)cc2)c2c(c1)C[C@@H](C)O2. The molecule has 1 aliphatic heterocycles. The molecule has 5 heteroatoms. The second-order valence-corrected chi connectivity index (χ2v) is 6.01. The smallest absolute Gasteiger partial charge is 0.335 e. The fourth-order valence-corrected chi connectivity index (χ4v) is 2.93. The molecule has 0 radical (unpaired) electrons. The minimum Gasteiger partial charge on any atom is -0.497 e. The van der Waals surface area contributed by atoms with E-state index in [0.717, 1.165) is 29.0 Å². The molecule has 0 fully saturated rings. The van der Waals surface area contributed by atoms with Crippen LogP contribution in [0.25, 0.3) is 0 Å². The summed E-state index contributed by atoms with van der Waals surface area (Å²) >= 11 is 0. The van der Waals surface area contributed by atoms with Crippen molar-refractivity contribution >= 4 is 5.97 Å². The molecule has 126 valence electrons. The molecular formula is C19H21NO4. The Balaban J connectivity index is 1.66. The van der Waals surface area contributed by atoms with Gasteiger partial charge in [-0.2, -0.15) is 0 Å². The highest BCUT2D eigenvalue weighted by molar-refractivity contribution is 5.87. The van der Waals surface area contributed by atoms with E-state index in [2.05, 4.69) is 12.2 Å². The topological polar surface area (TPSA) is 67.8 Å². The van der Waals surface area contributed by atoms with Crippen LogP contribution in [0.2, 0.25) is 0 Å². The standard InChI is InChI=1S/C19H21NO4/c1-12-7-15-8-17(23-2)9-16(18(15)24-12)11-20-10-13-3-5-14(6-4-13)19(21)22/h3-6,8-9,12,20H,7,10-11H2,1-2H3,(H,21,22)/t12-/m1/s1. The van der Waals surface area contributed by atoms with Crippen LogP contribution in [0, 0.1) is 0 Å². The van der Waals surface area contributed by atoms with Crippen molar-refractivity contribution in [2.75, 3.05) is 7.11 Å². The Labute approximate surface area is 141 Å². The Morgan fingerprint density at radius 3 is 2.71 bits per heavy atom. The van der Waals surface area contributed by atoms with E-state index in [-0.39, 0.29) is 6.10 Å². The zero-order valence-electron chi connectivity index (χ0n) is 13.8. The van der Waals surface area contributed by atoms with Crippen molar-refractivity contribution in [1.82, 2.24) is 5.32 Å². The number of carboxylic acids is 1. The zero-order chi connectivity index (χ0) is 17.1. The number of aromatic carboxylic acids is 1. The van der Waals surface area contributed by atoms with E-state index in [1.165, 1.54) is 5.56 Å². The normalized spacial score (nSPS) is 15.7.